The predicted molar refractivity (Wildman–Crippen MR) is 97.6 cm³/mol. The highest BCUT2D eigenvalue weighted by atomic mass is 16.8. The molecule has 2 heterocycles. The molecule has 148 valence electrons. The third-order valence-corrected chi connectivity index (χ3v) is 4.82. The summed E-state index contributed by atoms with van der Waals surface area (Å²) in [5, 5.41) is 1.65. The van der Waals surface area contributed by atoms with E-state index in [1.165, 1.54) is 5.56 Å². The third-order valence-electron chi connectivity index (χ3n) is 4.82. The SMILES string of the molecule is CCOC(=O)ON1CCC(c2ccc(N3CC(COC)OC3=O)cc2)CC1. The smallest absolute Gasteiger partial charge is 0.441 e. The number of methoxy groups -OCH3 is 1. The van der Waals surface area contributed by atoms with Gasteiger partial charge in [-0.1, -0.05) is 12.1 Å². The molecule has 1 amide bonds. The molecule has 2 fully saturated rings. The normalized spacial score (nSPS) is 21.2. The predicted octanol–water partition coefficient (Wildman–Crippen LogP) is 2.93. The van der Waals surface area contributed by atoms with E-state index in [9.17, 15) is 9.59 Å². The van der Waals surface area contributed by atoms with Crippen molar-refractivity contribution in [2.24, 2.45) is 0 Å². The van der Waals surface area contributed by atoms with Crippen LogP contribution in [0.2, 0.25) is 0 Å². The lowest BCUT2D eigenvalue weighted by Crippen LogP contribution is -2.35. The minimum absolute atomic E-state index is 0.231. The van der Waals surface area contributed by atoms with Gasteiger partial charge in [0.05, 0.1) is 19.8 Å². The summed E-state index contributed by atoms with van der Waals surface area (Å²) in [6.07, 6.45) is 0.561. The van der Waals surface area contributed by atoms with Gasteiger partial charge in [0.1, 0.15) is 6.10 Å². The Morgan fingerprint density at radius 3 is 2.56 bits per heavy atom. The molecule has 2 saturated heterocycles. The third kappa shape index (κ3) is 4.90. The minimum Gasteiger partial charge on any atom is -0.441 e. The first-order valence-electron chi connectivity index (χ1n) is 9.27. The molecule has 2 aliphatic heterocycles. The molecule has 8 nitrogen and oxygen atoms in total. The molecule has 2 aliphatic rings. The van der Waals surface area contributed by atoms with E-state index < -0.39 is 6.16 Å². The zero-order valence-electron chi connectivity index (χ0n) is 15.8. The lowest BCUT2D eigenvalue weighted by molar-refractivity contribution is -0.138. The van der Waals surface area contributed by atoms with E-state index in [1.807, 2.05) is 12.1 Å². The molecule has 0 N–H and O–H groups in total. The molecule has 0 saturated carbocycles. The molecular weight excluding hydrogens is 352 g/mol. The lowest BCUT2D eigenvalue weighted by Gasteiger charge is -2.30. The number of cyclic esters (lactones) is 1. The van der Waals surface area contributed by atoms with E-state index in [2.05, 4.69) is 12.1 Å². The van der Waals surface area contributed by atoms with Crippen molar-refractivity contribution in [2.45, 2.75) is 31.8 Å². The van der Waals surface area contributed by atoms with Crippen LogP contribution in [0, 0.1) is 0 Å². The van der Waals surface area contributed by atoms with Crippen LogP contribution >= 0.6 is 0 Å². The number of piperidine rings is 1. The van der Waals surface area contributed by atoms with Crippen LogP contribution in [-0.2, 0) is 19.0 Å². The van der Waals surface area contributed by atoms with Crippen LogP contribution < -0.4 is 4.90 Å². The molecule has 1 atom stereocenters. The van der Waals surface area contributed by atoms with Gasteiger partial charge in [-0.25, -0.2) is 9.59 Å². The maximum atomic E-state index is 12.0. The number of carbonyl (C=O) groups is 2. The van der Waals surface area contributed by atoms with Crippen LogP contribution in [0.4, 0.5) is 15.3 Å². The molecule has 0 aromatic heterocycles. The molecule has 1 unspecified atom stereocenters. The number of carbonyl (C=O) groups excluding carboxylic acids is 2. The van der Waals surface area contributed by atoms with Crippen LogP contribution in [-0.4, -0.2) is 63.4 Å². The summed E-state index contributed by atoms with van der Waals surface area (Å²) in [4.78, 5) is 30.2. The van der Waals surface area contributed by atoms with Crippen molar-refractivity contribution in [1.82, 2.24) is 5.06 Å². The van der Waals surface area contributed by atoms with Gasteiger partial charge in [0.25, 0.3) is 0 Å². The van der Waals surface area contributed by atoms with Crippen LogP contribution in [0.15, 0.2) is 24.3 Å². The second-order valence-electron chi connectivity index (χ2n) is 6.64. The fraction of sp³-hybridized carbons (Fsp3) is 0.579. The second-order valence-corrected chi connectivity index (χ2v) is 6.64. The van der Waals surface area contributed by atoms with Gasteiger partial charge < -0.3 is 19.0 Å². The van der Waals surface area contributed by atoms with Gasteiger partial charge in [-0.3, -0.25) is 4.90 Å². The Morgan fingerprint density at radius 1 is 1.22 bits per heavy atom. The molecule has 27 heavy (non-hydrogen) atoms. The highest BCUT2D eigenvalue weighted by Gasteiger charge is 2.32. The van der Waals surface area contributed by atoms with E-state index in [-0.39, 0.29) is 12.2 Å². The minimum atomic E-state index is -0.649. The average Bonchev–Trinajstić information content (AvgIpc) is 3.03. The summed E-state index contributed by atoms with van der Waals surface area (Å²) < 4.78 is 15.1. The van der Waals surface area contributed by atoms with Crippen molar-refractivity contribution < 1.29 is 28.6 Å². The average molecular weight is 378 g/mol. The molecule has 1 aromatic carbocycles. The van der Waals surface area contributed by atoms with Crippen LogP contribution in [0.5, 0.6) is 0 Å². The zero-order chi connectivity index (χ0) is 19.2. The van der Waals surface area contributed by atoms with Crippen LogP contribution in [0.3, 0.4) is 0 Å². The lowest BCUT2D eigenvalue weighted by atomic mass is 9.90. The Labute approximate surface area is 158 Å². The van der Waals surface area contributed by atoms with Gasteiger partial charge in [-0.15, -0.1) is 5.06 Å². The monoisotopic (exact) mass is 378 g/mol. The van der Waals surface area contributed by atoms with Crippen molar-refractivity contribution in [2.75, 3.05) is 44.9 Å². The standard InChI is InChI=1S/C19H26N2O6/c1-3-25-19(23)27-20-10-8-15(9-11-20)14-4-6-16(7-5-14)21-12-17(13-24-2)26-18(21)22/h4-7,15,17H,3,8-13H2,1-2H3. The number of hydroxylamine groups is 2. The second kappa shape index (κ2) is 9.05. The number of hydrogen-bond donors (Lipinski definition) is 0. The molecule has 0 spiro atoms. The Hall–Kier alpha value is -2.32. The first-order valence-corrected chi connectivity index (χ1v) is 9.27. The summed E-state index contributed by atoms with van der Waals surface area (Å²) in [5.74, 6) is 0.396. The number of nitrogens with zero attached hydrogens (tertiary/aromatic N) is 2. The molecule has 8 heteroatoms. The number of ether oxygens (including phenoxy) is 3. The van der Waals surface area contributed by atoms with E-state index in [1.54, 1.807) is 24.0 Å². The maximum absolute atomic E-state index is 12.0. The number of hydrogen-bond acceptors (Lipinski definition) is 7. The Balaban J connectivity index is 1.53. The first kappa shape index (κ1) is 19.4. The van der Waals surface area contributed by atoms with Gasteiger partial charge in [-0.2, -0.15) is 0 Å². The van der Waals surface area contributed by atoms with Crippen molar-refractivity contribution in [3.8, 4) is 0 Å². The van der Waals surface area contributed by atoms with Crippen LogP contribution in [0.1, 0.15) is 31.2 Å². The number of anilines is 1. The molecule has 0 radical (unpaired) electrons. The van der Waals surface area contributed by atoms with Gasteiger partial charge in [-0.05, 0) is 43.4 Å². The Morgan fingerprint density at radius 2 is 1.93 bits per heavy atom. The van der Waals surface area contributed by atoms with E-state index in [0.717, 1.165) is 18.5 Å². The molecule has 3 rings (SSSR count). The zero-order valence-corrected chi connectivity index (χ0v) is 15.8. The Kier molecular flexibility index (Phi) is 6.52. The molecular formula is C19H26N2O6. The number of amides is 1. The van der Waals surface area contributed by atoms with Gasteiger partial charge in [0.15, 0.2) is 0 Å². The van der Waals surface area contributed by atoms with Gasteiger partial charge in [0.2, 0.25) is 0 Å². The van der Waals surface area contributed by atoms with E-state index in [0.29, 0.717) is 38.8 Å². The number of rotatable bonds is 6. The van der Waals surface area contributed by atoms with Crippen molar-refractivity contribution in [1.29, 1.82) is 0 Å². The van der Waals surface area contributed by atoms with Gasteiger partial charge >= 0.3 is 12.2 Å². The van der Waals surface area contributed by atoms with E-state index in [4.69, 9.17) is 19.0 Å². The molecule has 1 aromatic rings. The highest BCUT2D eigenvalue weighted by molar-refractivity contribution is 5.89. The summed E-state index contributed by atoms with van der Waals surface area (Å²) in [5.41, 5.74) is 2.04. The number of benzene rings is 1. The topological polar surface area (TPSA) is 77.5 Å². The van der Waals surface area contributed by atoms with Crippen molar-refractivity contribution >= 4 is 17.9 Å². The quantitative estimate of drug-likeness (QED) is 0.704. The highest BCUT2D eigenvalue weighted by Crippen LogP contribution is 2.30. The van der Waals surface area contributed by atoms with Gasteiger partial charge in [0, 0.05) is 25.9 Å². The largest absolute Gasteiger partial charge is 0.527 e. The molecule has 0 aliphatic carbocycles. The summed E-state index contributed by atoms with van der Waals surface area (Å²) in [6, 6.07) is 8.01. The van der Waals surface area contributed by atoms with Crippen molar-refractivity contribution in [3.63, 3.8) is 0 Å². The maximum Gasteiger partial charge on any atom is 0.527 e. The van der Waals surface area contributed by atoms with Crippen LogP contribution in [0.25, 0.3) is 0 Å². The first-order chi connectivity index (χ1) is 13.1. The fourth-order valence-corrected chi connectivity index (χ4v) is 3.46. The summed E-state index contributed by atoms with van der Waals surface area (Å²) >= 11 is 0. The summed E-state index contributed by atoms with van der Waals surface area (Å²) in [6.45, 7) is 4.28. The van der Waals surface area contributed by atoms with Crippen molar-refractivity contribution in [3.05, 3.63) is 29.8 Å². The Bertz CT molecular complexity index is 642. The summed E-state index contributed by atoms with van der Waals surface area (Å²) in [7, 11) is 1.59. The molecule has 0 bridgehead atoms. The fourth-order valence-electron chi connectivity index (χ4n) is 3.46. The van der Waals surface area contributed by atoms with E-state index >= 15 is 0 Å².